The van der Waals surface area contributed by atoms with E-state index in [1.165, 1.54) is 73.7 Å². The van der Waals surface area contributed by atoms with Crippen LogP contribution < -0.4 is 15.9 Å². The van der Waals surface area contributed by atoms with Gasteiger partial charge in [0.05, 0.1) is 6.16 Å². The zero-order valence-corrected chi connectivity index (χ0v) is 31.5. The number of benzene rings is 3. The fourth-order valence-corrected chi connectivity index (χ4v) is 10.8. The van der Waals surface area contributed by atoms with Crippen molar-refractivity contribution in [1.82, 2.24) is 0 Å². The first-order chi connectivity index (χ1) is 24.6. The summed E-state index contributed by atoms with van der Waals surface area (Å²) in [4.78, 5) is 24.7. The van der Waals surface area contributed by atoms with Gasteiger partial charge in [-0.2, -0.15) is 0 Å². The van der Waals surface area contributed by atoms with Gasteiger partial charge in [0.2, 0.25) is 0 Å². The number of ether oxygens (including phenoxy) is 2. The molecule has 0 saturated heterocycles. The van der Waals surface area contributed by atoms with Crippen LogP contribution in [0.3, 0.4) is 0 Å². The highest BCUT2D eigenvalue weighted by molar-refractivity contribution is 7.95. The maximum Gasteiger partial charge on any atom is 0.305 e. The second-order valence-corrected chi connectivity index (χ2v) is 17.0. The highest BCUT2D eigenvalue weighted by Gasteiger charge is 2.44. The van der Waals surface area contributed by atoms with Gasteiger partial charge in [0.15, 0.2) is 0 Å². The number of esters is 2. The summed E-state index contributed by atoms with van der Waals surface area (Å²) in [5.74, 6) is -0.651. The van der Waals surface area contributed by atoms with E-state index in [-0.39, 0.29) is 31.6 Å². The van der Waals surface area contributed by atoms with Crippen molar-refractivity contribution in [3.63, 3.8) is 0 Å². The minimum atomic E-state index is -1.93. The quantitative estimate of drug-likeness (QED) is 0.0371. The molecule has 0 heterocycles. The van der Waals surface area contributed by atoms with Crippen LogP contribution in [-0.2, 0) is 19.1 Å². The summed E-state index contributed by atoms with van der Waals surface area (Å²) in [6.07, 6.45) is 22.4. The molecule has 6 heteroatoms. The van der Waals surface area contributed by atoms with Crippen LogP contribution in [0.25, 0.3) is 0 Å². The summed E-state index contributed by atoms with van der Waals surface area (Å²) in [6, 6.07) is 32.2. The van der Waals surface area contributed by atoms with Gasteiger partial charge in [-0.3, -0.25) is 9.59 Å². The number of carbonyl (C=O) groups excluding carboxylic acids is 2. The standard InChI is InChI=1S/C44H62O5P/c1-2-3-4-5-6-7-8-9-10-11-12-13-14-15-25-34-43(46)48-37-39(45)38-49-44(47)35-26-27-36-50(40-28-19-16-20-29-40,41-30-21-17-22-31-41)42-32-23-18-24-33-42/h9-10,16-24,28-33,39,45H,2-8,11-15,25-27,34-38H2,1H3/q+1/b10-9-. The third kappa shape index (κ3) is 15.7. The van der Waals surface area contributed by atoms with Gasteiger partial charge in [0, 0.05) is 12.8 Å². The van der Waals surface area contributed by atoms with E-state index >= 15 is 0 Å². The molecule has 0 bridgehead atoms. The van der Waals surface area contributed by atoms with E-state index in [1.807, 2.05) is 0 Å². The summed E-state index contributed by atoms with van der Waals surface area (Å²) in [7, 11) is -1.93. The highest BCUT2D eigenvalue weighted by Crippen LogP contribution is 2.56. The Labute approximate surface area is 303 Å². The first-order valence-electron chi connectivity index (χ1n) is 19.3. The molecule has 1 N–H and O–H groups in total. The SMILES string of the molecule is CCCCCCCC/C=C\CCCCCCCC(=O)OCC(O)COC(=O)CCCC[P+](c1ccccc1)(c1ccccc1)c1ccccc1. The molecule has 50 heavy (non-hydrogen) atoms. The first kappa shape index (κ1) is 41.2. The van der Waals surface area contributed by atoms with Crippen molar-refractivity contribution in [2.45, 2.75) is 122 Å². The Bertz CT molecular complexity index is 1230. The van der Waals surface area contributed by atoms with Crippen molar-refractivity contribution in [2.75, 3.05) is 19.4 Å². The molecule has 0 aliphatic rings. The van der Waals surface area contributed by atoms with Gasteiger partial charge in [-0.25, -0.2) is 0 Å². The Morgan fingerprint density at radius 1 is 0.560 bits per heavy atom. The van der Waals surface area contributed by atoms with Crippen molar-refractivity contribution in [3.8, 4) is 0 Å². The van der Waals surface area contributed by atoms with Gasteiger partial charge in [-0.05, 0) is 81.3 Å². The van der Waals surface area contributed by atoms with Crippen LogP contribution in [0.4, 0.5) is 0 Å². The average Bonchev–Trinajstić information content (AvgIpc) is 3.16. The summed E-state index contributed by atoms with van der Waals surface area (Å²) >= 11 is 0. The summed E-state index contributed by atoms with van der Waals surface area (Å²) in [5.41, 5.74) is 0. The molecule has 272 valence electrons. The number of aliphatic hydroxyl groups is 1. The van der Waals surface area contributed by atoms with Crippen LogP contribution >= 0.6 is 7.26 Å². The largest absolute Gasteiger partial charge is 0.463 e. The first-order valence-corrected chi connectivity index (χ1v) is 21.2. The van der Waals surface area contributed by atoms with E-state index in [4.69, 9.17) is 9.47 Å². The monoisotopic (exact) mass is 701 g/mol. The molecule has 1 unspecified atom stereocenters. The highest BCUT2D eigenvalue weighted by atomic mass is 31.2. The molecule has 3 rings (SSSR count). The molecule has 0 fully saturated rings. The van der Waals surface area contributed by atoms with Crippen LogP contribution in [0.15, 0.2) is 103 Å². The van der Waals surface area contributed by atoms with Crippen molar-refractivity contribution in [1.29, 1.82) is 0 Å². The van der Waals surface area contributed by atoms with Crippen LogP contribution in [0.2, 0.25) is 0 Å². The molecule has 0 saturated carbocycles. The Balaban J connectivity index is 1.27. The van der Waals surface area contributed by atoms with Crippen LogP contribution in [0.1, 0.15) is 116 Å². The molecule has 1 atom stereocenters. The Kier molecular flexibility index (Phi) is 21.1. The molecule has 3 aromatic carbocycles. The molecule has 5 nitrogen and oxygen atoms in total. The normalized spacial score (nSPS) is 12.2. The van der Waals surface area contributed by atoms with E-state index in [1.54, 1.807) is 0 Å². The number of aliphatic hydroxyl groups excluding tert-OH is 1. The number of allylic oxidation sites excluding steroid dienone is 2. The zero-order valence-electron chi connectivity index (χ0n) is 30.6. The fourth-order valence-electron chi connectivity index (χ4n) is 6.41. The summed E-state index contributed by atoms with van der Waals surface area (Å²) < 4.78 is 10.6. The molecule has 0 aliphatic heterocycles. The van der Waals surface area contributed by atoms with Gasteiger partial charge in [-0.15, -0.1) is 0 Å². The van der Waals surface area contributed by atoms with Crippen LogP contribution in [-0.4, -0.2) is 42.5 Å². The van der Waals surface area contributed by atoms with Gasteiger partial charge in [-0.1, -0.05) is 125 Å². The third-order valence-corrected chi connectivity index (χ3v) is 13.8. The molecule has 0 spiro atoms. The van der Waals surface area contributed by atoms with Gasteiger partial charge >= 0.3 is 11.9 Å². The van der Waals surface area contributed by atoms with E-state index in [0.717, 1.165) is 38.3 Å². The van der Waals surface area contributed by atoms with E-state index in [9.17, 15) is 14.7 Å². The second kappa shape index (κ2) is 25.6. The number of carbonyl (C=O) groups is 2. The predicted octanol–water partition coefficient (Wildman–Crippen LogP) is 9.64. The number of unbranched alkanes of at least 4 members (excludes halogenated alkanes) is 12. The maximum atomic E-state index is 12.6. The van der Waals surface area contributed by atoms with Gasteiger partial charge in [0.1, 0.15) is 42.5 Å². The molecule has 0 amide bonds. The van der Waals surface area contributed by atoms with Gasteiger partial charge in [0.25, 0.3) is 0 Å². The number of rotatable bonds is 27. The molecule has 0 radical (unpaired) electrons. The molecule has 0 aromatic heterocycles. The summed E-state index contributed by atoms with van der Waals surface area (Å²) in [5, 5.41) is 14.2. The Morgan fingerprint density at radius 3 is 1.38 bits per heavy atom. The molecular weight excluding hydrogens is 639 g/mol. The maximum absolute atomic E-state index is 12.6. The van der Waals surface area contributed by atoms with Gasteiger partial charge < -0.3 is 14.6 Å². The second-order valence-electron chi connectivity index (χ2n) is 13.4. The minimum Gasteiger partial charge on any atom is -0.463 e. The summed E-state index contributed by atoms with van der Waals surface area (Å²) in [6.45, 7) is 1.93. The van der Waals surface area contributed by atoms with Crippen molar-refractivity contribution >= 4 is 35.1 Å². The lowest BCUT2D eigenvalue weighted by atomic mass is 10.1. The molecule has 3 aromatic rings. The molecule has 0 aliphatic carbocycles. The lowest BCUT2D eigenvalue weighted by Gasteiger charge is -2.27. The fraction of sp³-hybridized carbons (Fsp3) is 0.500. The van der Waals surface area contributed by atoms with Crippen molar-refractivity contribution in [2.24, 2.45) is 0 Å². The van der Waals surface area contributed by atoms with Crippen LogP contribution in [0, 0.1) is 0 Å². The van der Waals surface area contributed by atoms with Crippen molar-refractivity contribution in [3.05, 3.63) is 103 Å². The third-order valence-electron chi connectivity index (χ3n) is 9.23. The topological polar surface area (TPSA) is 72.8 Å². The molecular formula is C44H62O5P+. The van der Waals surface area contributed by atoms with E-state index < -0.39 is 13.4 Å². The van der Waals surface area contributed by atoms with Crippen molar-refractivity contribution < 1.29 is 24.2 Å². The van der Waals surface area contributed by atoms with E-state index in [0.29, 0.717) is 12.8 Å². The lowest BCUT2D eigenvalue weighted by Crippen LogP contribution is -2.33. The number of hydrogen-bond donors (Lipinski definition) is 1. The Hall–Kier alpha value is -3.27. The van der Waals surface area contributed by atoms with E-state index in [2.05, 4.69) is 110 Å². The van der Waals surface area contributed by atoms with Crippen LogP contribution in [0.5, 0.6) is 0 Å². The number of hydrogen-bond acceptors (Lipinski definition) is 5. The smallest absolute Gasteiger partial charge is 0.305 e. The lowest BCUT2D eigenvalue weighted by molar-refractivity contribution is -0.152. The predicted molar refractivity (Wildman–Crippen MR) is 211 cm³/mol. The average molecular weight is 702 g/mol. The zero-order chi connectivity index (χ0) is 35.5. The Morgan fingerprint density at radius 2 is 0.940 bits per heavy atom. The minimum absolute atomic E-state index is 0.157.